The average Bonchev–Trinajstić information content (AvgIpc) is 3.63. The molecule has 0 saturated carbocycles. The summed E-state index contributed by atoms with van der Waals surface area (Å²) in [6.07, 6.45) is 6.44. The van der Waals surface area contributed by atoms with Crippen LogP contribution in [0, 0.1) is 17.0 Å². The zero-order valence-corrected chi connectivity index (χ0v) is 38.3. The number of aromatic nitrogens is 2. The molecule has 6 aliphatic heterocycles. The summed E-state index contributed by atoms with van der Waals surface area (Å²) in [5.74, 6) is -0.409. The highest BCUT2D eigenvalue weighted by Gasteiger charge is 2.43. The number of hydrogen-bond donors (Lipinski definition) is 4. The number of carbonyl (C=O) groups is 4. The van der Waals surface area contributed by atoms with E-state index in [9.17, 15) is 19.2 Å². The predicted octanol–water partition coefficient (Wildman–Crippen LogP) is 3.64. The molecule has 3 aromatic rings. The highest BCUT2D eigenvalue weighted by Crippen LogP contribution is 2.35. The van der Waals surface area contributed by atoms with E-state index in [0.717, 1.165) is 108 Å². The molecule has 66 heavy (non-hydrogen) atoms. The van der Waals surface area contributed by atoms with Crippen molar-refractivity contribution >= 4 is 46.6 Å². The molecule has 6 aliphatic rings. The number of piperazine rings is 2. The molecule has 9 rings (SSSR count). The molecule has 16 nitrogen and oxygen atoms in total. The molecular weight excluding hydrogens is 847 g/mol. The van der Waals surface area contributed by atoms with Crippen LogP contribution < -0.4 is 31.1 Å². The maximum Gasteiger partial charge on any atom is 0.255 e. The van der Waals surface area contributed by atoms with E-state index in [1.807, 2.05) is 18.2 Å². The van der Waals surface area contributed by atoms with Crippen molar-refractivity contribution in [2.75, 3.05) is 112 Å². The third-order valence-electron chi connectivity index (χ3n) is 14.7. The molecule has 0 bridgehead atoms. The summed E-state index contributed by atoms with van der Waals surface area (Å²) in [4.78, 5) is 72.1. The molecule has 18 heteroatoms. The highest BCUT2D eigenvalue weighted by molar-refractivity contribution is 6.06. The van der Waals surface area contributed by atoms with Crippen molar-refractivity contribution in [1.82, 2.24) is 40.2 Å². The van der Waals surface area contributed by atoms with Gasteiger partial charge >= 0.3 is 0 Å². The van der Waals surface area contributed by atoms with Crippen molar-refractivity contribution in [3.63, 3.8) is 0 Å². The summed E-state index contributed by atoms with van der Waals surface area (Å²) >= 11 is 0. The van der Waals surface area contributed by atoms with Gasteiger partial charge in [0.05, 0.1) is 17.8 Å². The number of piperidine rings is 3. The Kier molecular flexibility index (Phi) is 13.4. The van der Waals surface area contributed by atoms with Gasteiger partial charge in [0.2, 0.25) is 17.7 Å². The number of nitrogens with zero attached hydrogens (tertiary/aromatic N) is 8. The fourth-order valence-electron chi connectivity index (χ4n) is 10.6. The number of carbonyl (C=O) groups excluding carboxylic acids is 4. The Morgan fingerprint density at radius 2 is 1.53 bits per heavy atom. The zero-order valence-electron chi connectivity index (χ0n) is 38.3. The van der Waals surface area contributed by atoms with Gasteiger partial charge in [0, 0.05) is 119 Å². The van der Waals surface area contributed by atoms with E-state index >= 15 is 8.78 Å². The summed E-state index contributed by atoms with van der Waals surface area (Å²) in [7, 11) is 0. The largest absolute Gasteiger partial charge is 0.385 e. The molecule has 1 atom stereocenters. The smallest absolute Gasteiger partial charge is 0.255 e. The number of hydrogen-bond acceptors (Lipinski definition) is 13. The van der Waals surface area contributed by atoms with Crippen molar-refractivity contribution in [1.29, 1.82) is 0 Å². The molecule has 0 radical (unpaired) electrons. The first kappa shape index (κ1) is 45.7. The SMILES string of the molecule is CC1(C)CCN(Cc2cc(F)c(N3CC(=O)NC4(CCN(c5cc(NCCN6CCN(CCCNc7cccc8c7CN(C7CCC(=O)NC7=O)C8=O)CC6)ncn5)CC4)C3)cc2F)CC1. The first-order valence-electron chi connectivity index (χ1n) is 23.8. The first-order chi connectivity index (χ1) is 31.8. The Morgan fingerprint density at radius 1 is 0.773 bits per heavy atom. The molecule has 5 fully saturated rings. The van der Waals surface area contributed by atoms with Gasteiger partial charge in [-0.2, -0.15) is 0 Å². The van der Waals surface area contributed by atoms with Crippen molar-refractivity contribution in [3.8, 4) is 0 Å². The van der Waals surface area contributed by atoms with Crippen LogP contribution in [0.25, 0.3) is 0 Å². The monoisotopic (exact) mass is 911 g/mol. The minimum Gasteiger partial charge on any atom is -0.385 e. The number of likely N-dealkylation sites (tertiary alicyclic amines) is 1. The van der Waals surface area contributed by atoms with Crippen molar-refractivity contribution in [2.45, 2.75) is 83.5 Å². The van der Waals surface area contributed by atoms with E-state index in [-0.39, 0.29) is 41.8 Å². The number of fused-ring (bicyclic) bond motifs is 1. The maximum absolute atomic E-state index is 15.7. The van der Waals surface area contributed by atoms with Crippen LogP contribution in [0.4, 0.5) is 31.8 Å². The lowest BCUT2D eigenvalue weighted by Gasteiger charge is -2.48. The topological polar surface area (TPSA) is 162 Å². The van der Waals surface area contributed by atoms with Crippen LogP contribution in [0.1, 0.15) is 80.3 Å². The lowest BCUT2D eigenvalue weighted by atomic mass is 9.82. The second kappa shape index (κ2) is 19.4. The molecule has 0 aliphatic carbocycles. The number of rotatable bonds is 14. The van der Waals surface area contributed by atoms with Crippen molar-refractivity contribution in [3.05, 3.63) is 71.1 Å². The first-order valence-corrected chi connectivity index (χ1v) is 23.8. The number of benzene rings is 2. The van der Waals surface area contributed by atoms with Crippen molar-refractivity contribution < 1.29 is 28.0 Å². The van der Waals surface area contributed by atoms with E-state index in [1.54, 1.807) is 22.2 Å². The summed E-state index contributed by atoms with van der Waals surface area (Å²) in [5.41, 5.74) is 2.64. The zero-order chi connectivity index (χ0) is 46.0. The molecule has 354 valence electrons. The van der Waals surface area contributed by atoms with E-state index < -0.39 is 29.1 Å². The maximum atomic E-state index is 15.7. The Hall–Kier alpha value is -5.46. The Morgan fingerprint density at radius 3 is 2.29 bits per heavy atom. The van der Waals surface area contributed by atoms with E-state index in [0.29, 0.717) is 63.1 Å². The third kappa shape index (κ3) is 10.4. The lowest BCUT2D eigenvalue weighted by Crippen LogP contribution is -2.66. The minimum absolute atomic E-state index is 0.0167. The Bertz CT molecular complexity index is 2290. The van der Waals surface area contributed by atoms with Crippen LogP contribution >= 0.6 is 0 Å². The molecular formula is C48H64F2N12O4. The number of anilines is 4. The van der Waals surface area contributed by atoms with Gasteiger partial charge in [-0.15, -0.1) is 0 Å². The van der Waals surface area contributed by atoms with Gasteiger partial charge in [-0.25, -0.2) is 18.7 Å². The van der Waals surface area contributed by atoms with Crippen LogP contribution in [0.2, 0.25) is 0 Å². The fourth-order valence-corrected chi connectivity index (χ4v) is 10.6. The van der Waals surface area contributed by atoms with Crippen LogP contribution in [0.15, 0.2) is 42.7 Å². The fraction of sp³-hybridized carbons (Fsp3) is 0.583. The highest BCUT2D eigenvalue weighted by atomic mass is 19.1. The molecule has 4 N–H and O–H groups in total. The molecule has 5 saturated heterocycles. The molecule has 2 aromatic carbocycles. The average molecular weight is 911 g/mol. The number of nitrogens with one attached hydrogen (secondary N) is 4. The van der Waals surface area contributed by atoms with Gasteiger partial charge in [-0.1, -0.05) is 19.9 Å². The van der Waals surface area contributed by atoms with Crippen LogP contribution in [-0.2, 0) is 27.5 Å². The van der Waals surface area contributed by atoms with Gasteiger partial charge in [0.15, 0.2) is 0 Å². The van der Waals surface area contributed by atoms with Gasteiger partial charge in [0.25, 0.3) is 5.91 Å². The summed E-state index contributed by atoms with van der Waals surface area (Å²) in [6, 6.07) is 9.60. The third-order valence-corrected chi connectivity index (χ3v) is 14.7. The molecule has 1 unspecified atom stereocenters. The molecule has 1 spiro atoms. The van der Waals surface area contributed by atoms with E-state index in [1.165, 1.54) is 12.1 Å². The normalized spacial score (nSPS) is 22.7. The van der Waals surface area contributed by atoms with Gasteiger partial charge in [0.1, 0.15) is 35.6 Å². The van der Waals surface area contributed by atoms with Crippen molar-refractivity contribution in [2.24, 2.45) is 5.41 Å². The minimum atomic E-state index is -0.628. The van der Waals surface area contributed by atoms with Gasteiger partial charge in [-0.05, 0) is 81.8 Å². The lowest BCUT2D eigenvalue weighted by molar-refractivity contribution is -0.137. The van der Waals surface area contributed by atoms with Crippen LogP contribution in [0.3, 0.4) is 0 Å². The van der Waals surface area contributed by atoms with E-state index in [4.69, 9.17) is 0 Å². The summed E-state index contributed by atoms with van der Waals surface area (Å²) < 4.78 is 31.2. The van der Waals surface area contributed by atoms with Crippen LogP contribution in [0.5, 0.6) is 0 Å². The van der Waals surface area contributed by atoms with E-state index in [2.05, 4.69) is 64.7 Å². The quantitative estimate of drug-likeness (QED) is 0.137. The standard InChI is InChI=1S/C48H64F2N12O4/c1-47(2)9-16-59(17-10-47)28-33-25-37(50)40(26-36(33)49)61-30-44(64)56-48(31-61)11-18-60(19-12-48)42-27-41(53-32-54-42)52-14-20-58-23-21-57(22-24-58)15-4-13-51-38-6-3-5-34-35(38)29-62(46(34)66)39-7-8-43(63)55-45(39)65/h3,5-6,25-27,32,39,51H,4,7-24,28-31H2,1-2H3,(H,56,64)(H,52,53,54)(H,55,63,65). The summed E-state index contributed by atoms with van der Waals surface area (Å²) in [6.45, 7) is 15.9. The molecule has 7 heterocycles. The molecule has 4 amide bonds. The number of halogens is 2. The summed E-state index contributed by atoms with van der Waals surface area (Å²) in [5, 5.41) is 12.6. The Labute approximate surface area is 385 Å². The molecule has 1 aromatic heterocycles. The Balaban J connectivity index is 0.686. The second-order valence-electron chi connectivity index (χ2n) is 19.9. The predicted molar refractivity (Wildman–Crippen MR) is 248 cm³/mol. The number of imide groups is 1. The van der Waals surface area contributed by atoms with Gasteiger partial charge < -0.3 is 35.6 Å². The van der Waals surface area contributed by atoms with Gasteiger partial charge in [-0.3, -0.25) is 34.3 Å². The second-order valence-corrected chi connectivity index (χ2v) is 19.9. The van der Waals surface area contributed by atoms with Crippen LogP contribution in [-0.4, -0.2) is 156 Å². The number of amides is 4.